The van der Waals surface area contributed by atoms with E-state index < -0.39 is 6.04 Å². The fraction of sp³-hybridized carbons (Fsp3) is 0.174. The number of carbonyl (C=O) groups excluding carboxylic acids is 1. The maximum absolute atomic E-state index is 13.0. The third-order valence-electron chi connectivity index (χ3n) is 4.51. The van der Waals surface area contributed by atoms with Crippen LogP contribution >= 0.6 is 0 Å². The zero-order valence-electron chi connectivity index (χ0n) is 15.1. The number of hydrogen-bond donors (Lipinski definition) is 2. The first kappa shape index (κ1) is 17.9. The van der Waals surface area contributed by atoms with Crippen LogP contribution in [0.3, 0.4) is 0 Å². The van der Waals surface area contributed by atoms with Crippen LogP contribution in [-0.2, 0) is 4.79 Å². The number of rotatable bonds is 6. The lowest BCUT2D eigenvalue weighted by Crippen LogP contribution is -2.34. The fourth-order valence-electron chi connectivity index (χ4n) is 3.12. The Kier molecular flexibility index (Phi) is 5.82. The summed E-state index contributed by atoms with van der Waals surface area (Å²) in [5.74, 6) is -0.0668. The van der Waals surface area contributed by atoms with Crippen molar-refractivity contribution in [1.82, 2.24) is 5.32 Å². The SMILES string of the molecule is Cc1ccccc1C(C)NC(C(=O)Nc1ccccc1)c1ccccc1. The first-order valence-corrected chi connectivity index (χ1v) is 8.87. The molecular formula is C23H24N2O. The molecule has 132 valence electrons. The second-order valence-electron chi connectivity index (χ2n) is 6.44. The second-order valence-corrected chi connectivity index (χ2v) is 6.44. The summed E-state index contributed by atoms with van der Waals surface area (Å²) >= 11 is 0. The van der Waals surface area contributed by atoms with Crippen molar-refractivity contribution in [3.8, 4) is 0 Å². The number of amides is 1. The summed E-state index contributed by atoms with van der Waals surface area (Å²) in [7, 11) is 0. The molecule has 26 heavy (non-hydrogen) atoms. The molecule has 0 fully saturated rings. The van der Waals surface area contributed by atoms with Crippen molar-refractivity contribution in [3.05, 3.63) is 102 Å². The molecule has 3 aromatic rings. The van der Waals surface area contributed by atoms with Gasteiger partial charge in [-0.15, -0.1) is 0 Å². The number of nitrogens with one attached hydrogen (secondary N) is 2. The zero-order valence-corrected chi connectivity index (χ0v) is 15.1. The quantitative estimate of drug-likeness (QED) is 0.659. The lowest BCUT2D eigenvalue weighted by atomic mass is 9.99. The minimum atomic E-state index is -0.439. The largest absolute Gasteiger partial charge is 0.324 e. The molecule has 2 unspecified atom stereocenters. The number of hydrogen-bond acceptors (Lipinski definition) is 2. The highest BCUT2D eigenvalue weighted by Gasteiger charge is 2.23. The molecule has 0 aliphatic heterocycles. The summed E-state index contributed by atoms with van der Waals surface area (Å²) in [4.78, 5) is 13.0. The van der Waals surface area contributed by atoms with E-state index in [9.17, 15) is 4.79 Å². The van der Waals surface area contributed by atoms with E-state index >= 15 is 0 Å². The molecule has 2 N–H and O–H groups in total. The van der Waals surface area contributed by atoms with Gasteiger partial charge in [-0.1, -0.05) is 72.8 Å². The Morgan fingerprint density at radius 2 is 1.38 bits per heavy atom. The van der Waals surface area contributed by atoms with Crippen molar-refractivity contribution >= 4 is 11.6 Å². The van der Waals surface area contributed by atoms with Crippen molar-refractivity contribution in [3.63, 3.8) is 0 Å². The van der Waals surface area contributed by atoms with Gasteiger partial charge in [-0.25, -0.2) is 0 Å². The molecule has 0 aromatic heterocycles. The van der Waals surface area contributed by atoms with Gasteiger partial charge in [0.2, 0.25) is 5.91 Å². The monoisotopic (exact) mass is 344 g/mol. The predicted octanol–water partition coefficient (Wildman–Crippen LogP) is 5.03. The number of benzene rings is 3. The molecule has 0 bridgehead atoms. The van der Waals surface area contributed by atoms with Crippen LogP contribution < -0.4 is 10.6 Å². The van der Waals surface area contributed by atoms with Crippen molar-refractivity contribution in [2.75, 3.05) is 5.32 Å². The van der Waals surface area contributed by atoms with Crippen LogP contribution in [-0.4, -0.2) is 5.91 Å². The van der Waals surface area contributed by atoms with Crippen LogP contribution in [0.1, 0.15) is 35.7 Å². The molecule has 0 saturated carbocycles. The lowest BCUT2D eigenvalue weighted by Gasteiger charge is -2.24. The van der Waals surface area contributed by atoms with Crippen LogP contribution in [0.2, 0.25) is 0 Å². The van der Waals surface area contributed by atoms with Gasteiger partial charge in [0, 0.05) is 11.7 Å². The van der Waals surface area contributed by atoms with Crippen molar-refractivity contribution in [1.29, 1.82) is 0 Å². The molecule has 3 rings (SSSR count). The van der Waals surface area contributed by atoms with Gasteiger partial charge in [0.05, 0.1) is 0 Å². The Balaban J connectivity index is 1.84. The van der Waals surface area contributed by atoms with Gasteiger partial charge in [0.1, 0.15) is 6.04 Å². The minimum absolute atomic E-state index is 0.0444. The van der Waals surface area contributed by atoms with Crippen molar-refractivity contribution in [2.45, 2.75) is 25.9 Å². The van der Waals surface area contributed by atoms with Gasteiger partial charge in [-0.3, -0.25) is 10.1 Å². The van der Waals surface area contributed by atoms with Gasteiger partial charge in [-0.05, 0) is 42.7 Å². The van der Waals surface area contributed by atoms with Gasteiger partial charge in [-0.2, -0.15) is 0 Å². The highest BCUT2D eigenvalue weighted by molar-refractivity contribution is 5.95. The predicted molar refractivity (Wildman–Crippen MR) is 107 cm³/mol. The van der Waals surface area contributed by atoms with E-state index in [0.29, 0.717) is 0 Å². The van der Waals surface area contributed by atoms with E-state index in [1.54, 1.807) is 0 Å². The van der Waals surface area contributed by atoms with Crippen LogP contribution in [0.15, 0.2) is 84.9 Å². The van der Waals surface area contributed by atoms with E-state index in [0.717, 1.165) is 11.3 Å². The molecule has 3 aromatic carbocycles. The molecule has 3 heteroatoms. The first-order valence-electron chi connectivity index (χ1n) is 8.87. The highest BCUT2D eigenvalue weighted by atomic mass is 16.2. The average molecular weight is 344 g/mol. The van der Waals surface area contributed by atoms with Gasteiger partial charge in [0.15, 0.2) is 0 Å². The zero-order chi connectivity index (χ0) is 18.4. The summed E-state index contributed by atoms with van der Waals surface area (Å²) in [6, 6.07) is 27.2. The van der Waals surface area contributed by atoms with E-state index in [1.165, 1.54) is 11.1 Å². The van der Waals surface area contributed by atoms with Crippen molar-refractivity contribution in [2.24, 2.45) is 0 Å². The summed E-state index contributed by atoms with van der Waals surface area (Å²) in [6.45, 7) is 4.18. The van der Waals surface area contributed by atoms with E-state index in [4.69, 9.17) is 0 Å². The number of anilines is 1. The van der Waals surface area contributed by atoms with Gasteiger partial charge in [0.25, 0.3) is 0 Å². The Morgan fingerprint density at radius 1 is 0.808 bits per heavy atom. The third kappa shape index (κ3) is 4.38. The summed E-state index contributed by atoms with van der Waals surface area (Å²) < 4.78 is 0. The molecule has 0 spiro atoms. The Morgan fingerprint density at radius 3 is 2.04 bits per heavy atom. The van der Waals surface area contributed by atoms with Gasteiger partial charge >= 0.3 is 0 Å². The standard InChI is InChI=1S/C23H24N2O/c1-17-11-9-10-16-21(17)18(2)24-22(19-12-5-3-6-13-19)23(26)25-20-14-7-4-8-15-20/h3-16,18,22,24H,1-2H3,(H,25,26). The lowest BCUT2D eigenvalue weighted by molar-refractivity contribution is -0.118. The molecule has 0 aliphatic rings. The smallest absolute Gasteiger partial charge is 0.246 e. The maximum Gasteiger partial charge on any atom is 0.246 e. The van der Waals surface area contributed by atoms with Crippen LogP contribution in [0.25, 0.3) is 0 Å². The Hall–Kier alpha value is -2.91. The van der Waals surface area contributed by atoms with Crippen LogP contribution in [0, 0.1) is 6.92 Å². The van der Waals surface area contributed by atoms with Crippen molar-refractivity contribution < 1.29 is 4.79 Å². The summed E-state index contributed by atoms with van der Waals surface area (Å²) in [5.41, 5.74) is 4.15. The van der Waals surface area contributed by atoms with Crippen LogP contribution in [0.5, 0.6) is 0 Å². The molecule has 0 heterocycles. The minimum Gasteiger partial charge on any atom is -0.324 e. The summed E-state index contributed by atoms with van der Waals surface area (Å²) in [6.07, 6.45) is 0. The number of carbonyl (C=O) groups is 1. The summed E-state index contributed by atoms with van der Waals surface area (Å²) in [5, 5.41) is 6.51. The van der Waals surface area contributed by atoms with E-state index in [1.807, 2.05) is 72.8 Å². The maximum atomic E-state index is 13.0. The molecule has 0 radical (unpaired) electrons. The fourth-order valence-corrected chi connectivity index (χ4v) is 3.12. The van der Waals surface area contributed by atoms with Gasteiger partial charge < -0.3 is 5.32 Å². The Labute approximate surface area is 155 Å². The third-order valence-corrected chi connectivity index (χ3v) is 4.51. The Bertz CT molecular complexity index is 846. The van der Waals surface area contributed by atoms with Crippen LogP contribution in [0.4, 0.5) is 5.69 Å². The molecule has 0 aliphatic carbocycles. The highest BCUT2D eigenvalue weighted by Crippen LogP contribution is 2.23. The van der Waals surface area contributed by atoms with E-state index in [2.05, 4.69) is 36.6 Å². The normalized spacial score (nSPS) is 13.0. The average Bonchev–Trinajstić information content (AvgIpc) is 2.67. The molecular weight excluding hydrogens is 320 g/mol. The molecule has 0 saturated heterocycles. The topological polar surface area (TPSA) is 41.1 Å². The first-order chi connectivity index (χ1) is 12.6. The molecule has 2 atom stereocenters. The number of para-hydroxylation sites is 1. The van der Waals surface area contributed by atoms with E-state index in [-0.39, 0.29) is 11.9 Å². The molecule has 1 amide bonds. The molecule has 3 nitrogen and oxygen atoms in total. The number of aryl methyl sites for hydroxylation is 1. The second kappa shape index (κ2) is 8.45.